The zero-order valence-corrected chi connectivity index (χ0v) is 19.1. The van der Waals surface area contributed by atoms with E-state index in [0.29, 0.717) is 18.3 Å². The Morgan fingerprint density at radius 2 is 1.69 bits per heavy atom. The normalized spacial score (nSPS) is 18.3. The summed E-state index contributed by atoms with van der Waals surface area (Å²) in [5.74, 6) is 5.26. The van der Waals surface area contributed by atoms with Crippen LogP contribution in [0.25, 0.3) is 11.4 Å². The Kier molecular flexibility index (Phi) is 5.80. The minimum absolute atomic E-state index is 0.217. The summed E-state index contributed by atoms with van der Waals surface area (Å²) in [6.45, 7) is 6.26. The van der Waals surface area contributed by atoms with Gasteiger partial charge < -0.3 is 14.3 Å². The van der Waals surface area contributed by atoms with Crippen LogP contribution in [0.1, 0.15) is 18.4 Å². The minimum Gasteiger partial charge on any atom is -0.322 e. The maximum atomic E-state index is 12.0. The first-order valence-corrected chi connectivity index (χ1v) is 12.3. The molecule has 0 aliphatic carbocycles. The van der Waals surface area contributed by atoms with Gasteiger partial charge in [0.05, 0.1) is 0 Å². The van der Waals surface area contributed by atoms with Gasteiger partial charge >= 0.3 is 6.01 Å². The molecule has 0 saturated carbocycles. The highest BCUT2D eigenvalue weighted by molar-refractivity contribution is 8.12. The highest BCUT2D eigenvalue weighted by atomic mass is 32.2. The number of carbonyl (C=O) groups is 1. The molecule has 1 unspecified atom stereocenters. The Labute approximate surface area is 190 Å². The molecule has 1 amide bonds. The van der Waals surface area contributed by atoms with Gasteiger partial charge in [-0.25, -0.2) is 4.31 Å². The number of amides is 1. The Hall–Kier alpha value is -2.97. The molecule has 7 nitrogen and oxygen atoms in total. The summed E-state index contributed by atoms with van der Waals surface area (Å²) in [5.41, 5.74) is 3.15. The SMILES string of the molecule is C=S(c1ccc(N2CCCC2=O)cc1)N1CCN(c2nc(-c3ccc(C)cc3)no2)CC1. The number of piperazine rings is 1. The summed E-state index contributed by atoms with van der Waals surface area (Å²) in [6, 6.07) is 17.0. The number of benzene rings is 2. The van der Waals surface area contributed by atoms with Crippen molar-refractivity contribution in [2.45, 2.75) is 24.7 Å². The van der Waals surface area contributed by atoms with Crippen LogP contribution in [0.4, 0.5) is 11.7 Å². The molecule has 3 aromatic rings. The molecule has 5 rings (SSSR count). The molecule has 3 heterocycles. The van der Waals surface area contributed by atoms with Crippen LogP contribution in [-0.2, 0) is 4.79 Å². The average Bonchev–Trinajstić information content (AvgIpc) is 3.49. The van der Waals surface area contributed by atoms with Gasteiger partial charge in [0.2, 0.25) is 11.7 Å². The number of rotatable bonds is 5. The zero-order valence-electron chi connectivity index (χ0n) is 18.2. The first kappa shape index (κ1) is 20.9. The molecule has 2 aliphatic rings. The third-order valence-corrected chi connectivity index (χ3v) is 7.84. The van der Waals surface area contributed by atoms with Crippen molar-refractivity contribution in [3.05, 3.63) is 54.1 Å². The van der Waals surface area contributed by atoms with Crippen molar-refractivity contribution in [3.63, 3.8) is 0 Å². The second-order valence-corrected chi connectivity index (χ2v) is 9.91. The van der Waals surface area contributed by atoms with Gasteiger partial charge in [-0.2, -0.15) is 4.98 Å². The van der Waals surface area contributed by atoms with Crippen LogP contribution in [0.3, 0.4) is 0 Å². The van der Waals surface area contributed by atoms with Gasteiger partial charge in [0.25, 0.3) is 0 Å². The topological polar surface area (TPSA) is 65.7 Å². The van der Waals surface area contributed by atoms with E-state index in [1.54, 1.807) is 0 Å². The smallest absolute Gasteiger partial charge is 0.322 e. The fourth-order valence-electron chi connectivity index (χ4n) is 4.12. The van der Waals surface area contributed by atoms with Crippen LogP contribution in [0.5, 0.6) is 0 Å². The highest BCUT2D eigenvalue weighted by Gasteiger charge is 2.24. The standard InChI is InChI=1S/C24H27N5O2S/c1-18-5-7-19(8-6-18)23-25-24(31-26-23)27-14-16-28(17-15-27)32(2)21-11-9-20(10-12-21)29-13-3-4-22(29)30/h5-12H,2-4,13-17H2,1H3. The number of hydrogen-bond acceptors (Lipinski definition) is 6. The molecule has 166 valence electrons. The first-order valence-electron chi connectivity index (χ1n) is 10.9. The van der Waals surface area contributed by atoms with Crippen molar-refractivity contribution in [2.75, 3.05) is 42.5 Å². The number of aryl methyl sites for hydroxylation is 1. The third kappa shape index (κ3) is 4.20. The predicted octanol–water partition coefficient (Wildman–Crippen LogP) is 3.97. The van der Waals surface area contributed by atoms with E-state index >= 15 is 0 Å². The van der Waals surface area contributed by atoms with Gasteiger partial charge in [0.15, 0.2) is 0 Å². The molecule has 0 N–H and O–H groups in total. The van der Waals surface area contributed by atoms with E-state index in [9.17, 15) is 4.79 Å². The van der Waals surface area contributed by atoms with Crippen LogP contribution in [-0.4, -0.2) is 58.9 Å². The lowest BCUT2D eigenvalue weighted by molar-refractivity contribution is -0.117. The lowest BCUT2D eigenvalue weighted by Gasteiger charge is -2.35. The molecule has 0 radical (unpaired) electrons. The highest BCUT2D eigenvalue weighted by Crippen LogP contribution is 2.33. The summed E-state index contributed by atoms with van der Waals surface area (Å²) in [5, 5.41) is 4.16. The van der Waals surface area contributed by atoms with Gasteiger partial charge in [-0.3, -0.25) is 4.79 Å². The molecule has 1 atom stereocenters. The lowest BCUT2D eigenvalue weighted by atomic mass is 10.1. The summed E-state index contributed by atoms with van der Waals surface area (Å²) in [7, 11) is -0.250. The van der Waals surface area contributed by atoms with Gasteiger partial charge in [0, 0.05) is 55.3 Å². The molecule has 2 aliphatic heterocycles. The maximum Gasteiger partial charge on any atom is 0.324 e. The minimum atomic E-state index is -0.250. The van der Waals surface area contributed by atoms with Crippen LogP contribution < -0.4 is 9.80 Å². The molecule has 1 aromatic heterocycles. The fourth-order valence-corrected chi connectivity index (χ4v) is 5.47. The zero-order chi connectivity index (χ0) is 22.1. The van der Waals surface area contributed by atoms with Crippen molar-refractivity contribution in [3.8, 4) is 11.4 Å². The fraction of sp³-hybridized carbons (Fsp3) is 0.333. The van der Waals surface area contributed by atoms with E-state index in [4.69, 9.17) is 4.52 Å². The van der Waals surface area contributed by atoms with Crippen molar-refractivity contribution in [2.24, 2.45) is 0 Å². The molecule has 2 saturated heterocycles. The summed E-state index contributed by atoms with van der Waals surface area (Å²) in [6.07, 6.45) is 1.59. The summed E-state index contributed by atoms with van der Waals surface area (Å²) >= 11 is 0. The van der Waals surface area contributed by atoms with E-state index in [1.165, 1.54) is 10.5 Å². The van der Waals surface area contributed by atoms with Gasteiger partial charge in [-0.15, -0.1) is 0 Å². The molecule has 2 aromatic carbocycles. The Balaban J connectivity index is 1.20. The summed E-state index contributed by atoms with van der Waals surface area (Å²) in [4.78, 5) is 21.8. The van der Waals surface area contributed by atoms with Crippen molar-refractivity contribution >= 4 is 34.1 Å². The van der Waals surface area contributed by atoms with Crippen molar-refractivity contribution in [1.29, 1.82) is 0 Å². The first-order chi connectivity index (χ1) is 15.6. The monoisotopic (exact) mass is 449 g/mol. The molecule has 2 fully saturated rings. The average molecular weight is 450 g/mol. The van der Waals surface area contributed by atoms with Crippen LogP contribution in [0.15, 0.2) is 57.9 Å². The van der Waals surface area contributed by atoms with Crippen molar-refractivity contribution in [1.82, 2.24) is 14.4 Å². The molecule has 0 spiro atoms. The predicted molar refractivity (Wildman–Crippen MR) is 129 cm³/mol. The van der Waals surface area contributed by atoms with E-state index in [-0.39, 0.29) is 16.6 Å². The van der Waals surface area contributed by atoms with E-state index in [1.807, 2.05) is 29.2 Å². The molecule has 8 heteroatoms. The maximum absolute atomic E-state index is 12.0. The van der Waals surface area contributed by atoms with E-state index in [2.05, 4.69) is 56.4 Å². The number of anilines is 2. The molecule has 0 bridgehead atoms. The molecule has 32 heavy (non-hydrogen) atoms. The molecular weight excluding hydrogens is 422 g/mol. The van der Waals surface area contributed by atoms with Crippen LogP contribution in [0.2, 0.25) is 0 Å². The van der Waals surface area contributed by atoms with Crippen LogP contribution in [0, 0.1) is 6.92 Å². The van der Waals surface area contributed by atoms with Gasteiger partial charge in [-0.1, -0.05) is 51.5 Å². The van der Waals surface area contributed by atoms with Gasteiger partial charge in [-0.05, 0) is 37.6 Å². The molecular formula is C24H27N5O2S. The Morgan fingerprint density at radius 3 is 2.34 bits per heavy atom. The number of nitrogens with zero attached hydrogens (tertiary/aromatic N) is 5. The van der Waals surface area contributed by atoms with Gasteiger partial charge in [0.1, 0.15) is 0 Å². The van der Waals surface area contributed by atoms with E-state index in [0.717, 1.165) is 50.4 Å². The number of hydrogen-bond donors (Lipinski definition) is 0. The Morgan fingerprint density at radius 1 is 0.969 bits per heavy atom. The number of carbonyl (C=O) groups excluding carboxylic acids is 1. The second-order valence-electron chi connectivity index (χ2n) is 8.19. The Bertz CT molecular complexity index is 1120. The second kappa shape index (κ2) is 8.88. The lowest BCUT2D eigenvalue weighted by Crippen LogP contribution is -2.44. The third-order valence-electron chi connectivity index (χ3n) is 6.04. The summed E-state index contributed by atoms with van der Waals surface area (Å²) < 4.78 is 7.93. The van der Waals surface area contributed by atoms with Crippen LogP contribution >= 0.6 is 10.7 Å². The number of aromatic nitrogens is 2. The van der Waals surface area contributed by atoms with Crippen molar-refractivity contribution < 1.29 is 9.32 Å². The largest absolute Gasteiger partial charge is 0.324 e. The quantitative estimate of drug-likeness (QED) is 0.549. The van der Waals surface area contributed by atoms with E-state index < -0.39 is 0 Å².